The van der Waals surface area contributed by atoms with Gasteiger partial charge in [0.15, 0.2) is 0 Å². The second-order valence-electron chi connectivity index (χ2n) is 7.60. The van der Waals surface area contributed by atoms with Crippen molar-refractivity contribution in [3.8, 4) is 0 Å². The second kappa shape index (κ2) is 10.6. The number of benzene rings is 2. The van der Waals surface area contributed by atoms with Crippen molar-refractivity contribution < 1.29 is 19.1 Å². The van der Waals surface area contributed by atoms with Crippen LogP contribution in [0.3, 0.4) is 0 Å². The molecule has 2 aromatic carbocycles. The van der Waals surface area contributed by atoms with Crippen LogP contribution >= 0.6 is 0 Å². The normalized spacial score (nSPS) is 12.0. The molecule has 29 heavy (non-hydrogen) atoms. The average molecular weight is 395 g/mol. The van der Waals surface area contributed by atoms with Crippen molar-refractivity contribution in [2.75, 3.05) is 6.61 Å². The number of carbonyl (C=O) groups is 2. The summed E-state index contributed by atoms with van der Waals surface area (Å²) in [7, 11) is 0. The standard InChI is InChI=1S/C24H29NO4/c1-5-28-23(27)20(16-17-21(26)29-24(2,3)4)25-22(18-12-8-6-9-13-18)19-14-10-7-11-15-19/h6-15,20H,5,16-17H2,1-4H3/t20-/m0/s1. The summed E-state index contributed by atoms with van der Waals surface area (Å²) < 4.78 is 10.6. The molecule has 0 aromatic heterocycles. The van der Waals surface area contributed by atoms with Gasteiger partial charge in [0.1, 0.15) is 11.6 Å². The lowest BCUT2D eigenvalue weighted by Gasteiger charge is -2.20. The van der Waals surface area contributed by atoms with E-state index >= 15 is 0 Å². The lowest BCUT2D eigenvalue weighted by Crippen LogP contribution is -2.27. The number of hydrogen-bond donors (Lipinski definition) is 0. The van der Waals surface area contributed by atoms with E-state index in [9.17, 15) is 9.59 Å². The fourth-order valence-electron chi connectivity index (χ4n) is 2.78. The third-order valence-corrected chi connectivity index (χ3v) is 3.98. The largest absolute Gasteiger partial charge is 0.464 e. The highest BCUT2D eigenvalue weighted by Crippen LogP contribution is 2.16. The first-order valence-electron chi connectivity index (χ1n) is 9.87. The van der Waals surface area contributed by atoms with Crippen molar-refractivity contribution in [3.63, 3.8) is 0 Å². The Morgan fingerprint density at radius 2 is 1.45 bits per heavy atom. The predicted molar refractivity (Wildman–Crippen MR) is 114 cm³/mol. The van der Waals surface area contributed by atoms with E-state index in [1.165, 1.54) is 0 Å². The van der Waals surface area contributed by atoms with Crippen LogP contribution in [0.2, 0.25) is 0 Å². The van der Waals surface area contributed by atoms with Crippen LogP contribution < -0.4 is 0 Å². The third-order valence-electron chi connectivity index (χ3n) is 3.98. The van der Waals surface area contributed by atoms with Gasteiger partial charge in [-0.05, 0) is 34.1 Å². The number of hydrogen-bond acceptors (Lipinski definition) is 5. The topological polar surface area (TPSA) is 65.0 Å². The summed E-state index contributed by atoms with van der Waals surface area (Å²) in [5.74, 6) is -0.802. The molecule has 0 saturated heterocycles. The van der Waals surface area contributed by atoms with Gasteiger partial charge in [-0.2, -0.15) is 0 Å². The van der Waals surface area contributed by atoms with E-state index in [-0.39, 0.29) is 25.4 Å². The summed E-state index contributed by atoms with van der Waals surface area (Å²) in [5.41, 5.74) is 1.91. The molecule has 0 fully saturated rings. The fraction of sp³-hybridized carbons (Fsp3) is 0.375. The van der Waals surface area contributed by atoms with Crippen molar-refractivity contribution in [2.24, 2.45) is 4.99 Å². The number of rotatable bonds is 8. The van der Waals surface area contributed by atoms with Crippen molar-refractivity contribution in [1.82, 2.24) is 0 Å². The van der Waals surface area contributed by atoms with Gasteiger partial charge in [-0.25, -0.2) is 4.79 Å². The summed E-state index contributed by atoms with van der Waals surface area (Å²) in [6, 6.07) is 18.5. The first-order valence-corrected chi connectivity index (χ1v) is 9.87. The monoisotopic (exact) mass is 395 g/mol. The van der Waals surface area contributed by atoms with Gasteiger partial charge in [-0.3, -0.25) is 9.79 Å². The van der Waals surface area contributed by atoms with E-state index in [0.29, 0.717) is 5.71 Å². The Bertz CT molecular complexity index is 781. The molecule has 154 valence electrons. The molecule has 0 N–H and O–H groups in total. The molecule has 5 nitrogen and oxygen atoms in total. The Morgan fingerprint density at radius 1 is 0.931 bits per heavy atom. The van der Waals surface area contributed by atoms with Gasteiger partial charge in [0, 0.05) is 17.5 Å². The molecule has 0 heterocycles. The third kappa shape index (κ3) is 7.53. The van der Waals surface area contributed by atoms with Crippen LogP contribution in [0.1, 0.15) is 51.7 Å². The van der Waals surface area contributed by atoms with Gasteiger partial charge < -0.3 is 9.47 Å². The van der Waals surface area contributed by atoms with Gasteiger partial charge in [-0.1, -0.05) is 60.7 Å². The van der Waals surface area contributed by atoms with Crippen molar-refractivity contribution >= 4 is 17.7 Å². The summed E-state index contributed by atoms with van der Waals surface area (Å²) in [5, 5.41) is 0. The molecule has 0 radical (unpaired) electrons. The van der Waals surface area contributed by atoms with Crippen LogP contribution in [0.4, 0.5) is 0 Å². The summed E-state index contributed by atoms with van der Waals surface area (Å²) in [6.07, 6.45) is 0.304. The molecular weight excluding hydrogens is 366 g/mol. The Hall–Kier alpha value is -2.95. The molecule has 0 saturated carbocycles. The van der Waals surface area contributed by atoms with Crippen molar-refractivity contribution in [1.29, 1.82) is 0 Å². The maximum atomic E-state index is 12.6. The van der Waals surface area contributed by atoms with Crippen LogP contribution in [-0.4, -0.2) is 35.9 Å². The molecule has 1 atom stereocenters. The van der Waals surface area contributed by atoms with Crippen molar-refractivity contribution in [2.45, 2.75) is 52.2 Å². The minimum absolute atomic E-state index is 0.0844. The maximum absolute atomic E-state index is 12.6. The van der Waals surface area contributed by atoms with E-state index < -0.39 is 17.6 Å². The van der Waals surface area contributed by atoms with E-state index in [1.54, 1.807) is 6.92 Å². The molecule has 2 aromatic rings. The summed E-state index contributed by atoms with van der Waals surface area (Å²) in [6.45, 7) is 7.45. The van der Waals surface area contributed by atoms with Crippen LogP contribution in [0.25, 0.3) is 0 Å². The SMILES string of the molecule is CCOC(=O)[C@H](CCC(=O)OC(C)(C)C)N=C(c1ccccc1)c1ccccc1. The zero-order chi connectivity index (χ0) is 21.3. The van der Waals surface area contributed by atoms with E-state index in [4.69, 9.17) is 14.5 Å². The summed E-state index contributed by atoms with van der Waals surface area (Å²) >= 11 is 0. The Morgan fingerprint density at radius 3 is 1.90 bits per heavy atom. The zero-order valence-corrected chi connectivity index (χ0v) is 17.6. The molecule has 2 rings (SSSR count). The van der Waals surface area contributed by atoms with Gasteiger partial charge in [0.25, 0.3) is 0 Å². The van der Waals surface area contributed by atoms with E-state index in [2.05, 4.69) is 0 Å². The van der Waals surface area contributed by atoms with Crippen LogP contribution in [0.15, 0.2) is 65.7 Å². The predicted octanol–water partition coefficient (Wildman–Crippen LogP) is 4.58. The van der Waals surface area contributed by atoms with Gasteiger partial charge in [0.05, 0.1) is 12.3 Å². The first-order chi connectivity index (χ1) is 13.8. The Balaban J connectivity index is 2.34. The van der Waals surface area contributed by atoms with Gasteiger partial charge in [-0.15, -0.1) is 0 Å². The Kier molecular flexibility index (Phi) is 8.13. The Labute approximate surface area is 172 Å². The van der Waals surface area contributed by atoms with Gasteiger partial charge >= 0.3 is 11.9 Å². The molecule has 0 spiro atoms. The summed E-state index contributed by atoms with van der Waals surface area (Å²) in [4.78, 5) is 29.4. The molecule has 0 aliphatic carbocycles. The lowest BCUT2D eigenvalue weighted by molar-refractivity contribution is -0.155. The molecular formula is C24H29NO4. The molecule has 0 amide bonds. The highest BCUT2D eigenvalue weighted by atomic mass is 16.6. The molecule has 5 heteroatoms. The zero-order valence-electron chi connectivity index (χ0n) is 17.6. The number of nitrogens with zero attached hydrogens (tertiary/aromatic N) is 1. The van der Waals surface area contributed by atoms with E-state index in [1.807, 2.05) is 81.4 Å². The lowest BCUT2D eigenvalue weighted by atomic mass is 10.0. The van der Waals surface area contributed by atoms with Crippen molar-refractivity contribution in [3.05, 3.63) is 71.8 Å². The molecule has 0 unspecified atom stereocenters. The number of carbonyl (C=O) groups excluding carboxylic acids is 2. The smallest absolute Gasteiger partial charge is 0.330 e. The first kappa shape index (κ1) is 22.3. The maximum Gasteiger partial charge on any atom is 0.330 e. The molecule has 0 aliphatic heterocycles. The highest BCUT2D eigenvalue weighted by molar-refractivity contribution is 6.13. The number of esters is 2. The fourth-order valence-corrected chi connectivity index (χ4v) is 2.78. The molecule has 0 aliphatic rings. The van der Waals surface area contributed by atoms with Crippen LogP contribution in [0, 0.1) is 0 Å². The van der Waals surface area contributed by atoms with Crippen LogP contribution in [-0.2, 0) is 19.1 Å². The van der Waals surface area contributed by atoms with Crippen LogP contribution in [0.5, 0.6) is 0 Å². The highest BCUT2D eigenvalue weighted by Gasteiger charge is 2.24. The number of aliphatic imine (C=N–C) groups is 1. The second-order valence-corrected chi connectivity index (χ2v) is 7.60. The number of ether oxygens (including phenoxy) is 2. The quantitative estimate of drug-likeness (QED) is 0.485. The minimum atomic E-state index is -0.794. The van der Waals surface area contributed by atoms with Gasteiger partial charge in [0.2, 0.25) is 0 Å². The molecule has 0 bridgehead atoms. The average Bonchev–Trinajstić information content (AvgIpc) is 2.68. The minimum Gasteiger partial charge on any atom is -0.464 e. The van der Waals surface area contributed by atoms with E-state index in [0.717, 1.165) is 11.1 Å².